The van der Waals surface area contributed by atoms with Gasteiger partial charge in [0.25, 0.3) is 5.91 Å². The molecule has 1 saturated heterocycles. The van der Waals surface area contributed by atoms with E-state index in [0.29, 0.717) is 16.3 Å². The van der Waals surface area contributed by atoms with E-state index in [1.165, 1.54) is 25.7 Å². The van der Waals surface area contributed by atoms with Crippen LogP contribution in [0.25, 0.3) is 0 Å². The van der Waals surface area contributed by atoms with Gasteiger partial charge in [-0.3, -0.25) is 4.79 Å². The maximum Gasteiger partial charge on any atom is 0.274 e. The number of likely N-dealkylation sites (tertiary alicyclic amines) is 1. The largest absolute Gasteiger partial charge is 0.337 e. The summed E-state index contributed by atoms with van der Waals surface area (Å²) in [7, 11) is 0. The van der Waals surface area contributed by atoms with Gasteiger partial charge in [-0.25, -0.2) is 10.8 Å². The number of hydrazine groups is 1. The highest BCUT2D eigenvalue weighted by Gasteiger charge is 2.38. The Bertz CT molecular complexity index is 532. The topological polar surface area (TPSA) is 71.2 Å². The normalized spacial score (nSPS) is 20.8. The quantitative estimate of drug-likeness (QED) is 0.651. The Morgan fingerprint density at radius 3 is 2.52 bits per heavy atom. The van der Waals surface area contributed by atoms with Gasteiger partial charge in [0.2, 0.25) is 0 Å². The van der Waals surface area contributed by atoms with Crippen LogP contribution in [0.5, 0.6) is 0 Å². The first-order chi connectivity index (χ1) is 10.1. The van der Waals surface area contributed by atoms with E-state index in [-0.39, 0.29) is 11.6 Å². The maximum absolute atomic E-state index is 12.6. The fourth-order valence-corrected chi connectivity index (χ4v) is 3.82. The van der Waals surface area contributed by atoms with E-state index >= 15 is 0 Å². The summed E-state index contributed by atoms with van der Waals surface area (Å²) in [5.41, 5.74) is 3.23. The third kappa shape index (κ3) is 2.85. The standard InChI is InChI=1S/C15H21ClN4O/c16-11-3-4-12(19-17)18-13(11)14(21)20-9-7-15(8-10-20)5-1-2-6-15/h3-4H,1-2,5-10,17H2,(H,18,19). The van der Waals surface area contributed by atoms with Crippen LogP contribution in [0, 0.1) is 5.41 Å². The molecule has 114 valence electrons. The van der Waals surface area contributed by atoms with Crippen molar-refractivity contribution in [3.05, 3.63) is 22.8 Å². The van der Waals surface area contributed by atoms with Crippen LogP contribution in [0.15, 0.2) is 12.1 Å². The molecule has 5 nitrogen and oxygen atoms in total. The number of carbonyl (C=O) groups is 1. The summed E-state index contributed by atoms with van der Waals surface area (Å²) in [4.78, 5) is 18.7. The van der Waals surface area contributed by atoms with E-state index < -0.39 is 0 Å². The molecule has 1 aliphatic carbocycles. The Kier molecular flexibility index (Phi) is 4.04. The highest BCUT2D eigenvalue weighted by atomic mass is 35.5. The third-order valence-corrected chi connectivity index (χ3v) is 5.28. The number of halogens is 1. The van der Waals surface area contributed by atoms with Gasteiger partial charge in [0.1, 0.15) is 11.5 Å². The second-order valence-electron chi connectivity index (χ2n) is 6.17. The minimum absolute atomic E-state index is 0.0926. The van der Waals surface area contributed by atoms with Gasteiger partial charge in [0.15, 0.2) is 0 Å². The Balaban J connectivity index is 1.72. The van der Waals surface area contributed by atoms with Gasteiger partial charge in [0, 0.05) is 13.1 Å². The first-order valence-corrected chi connectivity index (χ1v) is 7.94. The number of pyridine rings is 1. The van der Waals surface area contributed by atoms with Gasteiger partial charge in [-0.1, -0.05) is 24.4 Å². The molecule has 2 aliphatic rings. The van der Waals surface area contributed by atoms with Gasteiger partial charge in [0.05, 0.1) is 5.02 Å². The first kappa shape index (κ1) is 14.6. The molecule has 0 bridgehead atoms. The highest BCUT2D eigenvalue weighted by Crippen LogP contribution is 2.46. The van der Waals surface area contributed by atoms with Crippen LogP contribution < -0.4 is 11.3 Å². The average molecular weight is 309 g/mol. The lowest BCUT2D eigenvalue weighted by Gasteiger charge is -2.39. The molecule has 0 radical (unpaired) electrons. The number of nitrogens with one attached hydrogen (secondary N) is 1. The van der Waals surface area contributed by atoms with Gasteiger partial charge >= 0.3 is 0 Å². The number of hydrogen-bond acceptors (Lipinski definition) is 4. The second kappa shape index (κ2) is 5.81. The maximum atomic E-state index is 12.6. The number of carbonyl (C=O) groups excluding carboxylic acids is 1. The third-order valence-electron chi connectivity index (χ3n) is 4.97. The predicted molar refractivity (Wildman–Crippen MR) is 83.1 cm³/mol. The van der Waals surface area contributed by atoms with Gasteiger partial charge in [-0.05, 0) is 43.2 Å². The van der Waals surface area contributed by atoms with Crippen LogP contribution >= 0.6 is 11.6 Å². The highest BCUT2D eigenvalue weighted by molar-refractivity contribution is 6.33. The van der Waals surface area contributed by atoms with Gasteiger partial charge < -0.3 is 10.3 Å². The first-order valence-electron chi connectivity index (χ1n) is 7.56. The molecule has 0 atom stereocenters. The van der Waals surface area contributed by atoms with Crippen molar-refractivity contribution in [2.45, 2.75) is 38.5 Å². The summed E-state index contributed by atoms with van der Waals surface area (Å²) in [5, 5.41) is 0.375. The lowest BCUT2D eigenvalue weighted by atomic mass is 9.77. The number of anilines is 1. The molecule has 21 heavy (non-hydrogen) atoms. The zero-order chi connectivity index (χ0) is 14.9. The summed E-state index contributed by atoms with van der Waals surface area (Å²) in [5.74, 6) is 5.70. The number of nitrogen functional groups attached to an aromatic ring is 1. The fourth-order valence-electron chi connectivity index (χ4n) is 3.63. The molecule has 0 unspecified atom stereocenters. The van der Waals surface area contributed by atoms with Crippen molar-refractivity contribution in [2.75, 3.05) is 18.5 Å². The van der Waals surface area contributed by atoms with E-state index in [1.807, 2.05) is 4.90 Å². The minimum Gasteiger partial charge on any atom is -0.337 e. The number of hydrogen-bond donors (Lipinski definition) is 2. The summed E-state index contributed by atoms with van der Waals surface area (Å²) in [6.07, 6.45) is 7.52. The van der Waals surface area contributed by atoms with E-state index in [4.69, 9.17) is 17.4 Å². The van der Waals surface area contributed by atoms with E-state index in [1.54, 1.807) is 12.1 Å². The number of nitrogens with two attached hydrogens (primary N) is 1. The van der Waals surface area contributed by atoms with Crippen molar-refractivity contribution < 1.29 is 4.79 Å². The molecule has 0 aromatic carbocycles. The summed E-state index contributed by atoms with van der Waals surface area (Å²) in [6.45, 7) is 1.61. The molecule has 3 N–H and O–H groups in total. The van der Waals surface area contributed by atoms with Crippen LogP contribution in [-0.4, -0.2) is 28.9 Å². The molecular formula is C15H21ClN4O. The molecule has 1 saturated carbocycles. The van der Waals surface area contributed by atoms with Gasteiger partial charge in [-0.2, -0.15) is 0 Å². The number of aromatic nitrogens is 1. The van der Waals surface area contributed by atoms with E-state index in [2.05, 4.69) is 10.4 Å². The molecular weight excluding hydrogens is 288 g/mol. The number of piperidine rings is 1. The molecule has 6 heteroatoms. The Morgan fingerprint density at radius 1 is 1.24 bits per heavy atom. The summed E-state index contributed by atoms with van der Waals surface area (Å²) < 4.78 is 0. The van der Waals surface area contributed by atoms with Crippen LogP contribution in [0.1, 0.15) is 49.0 Å². The van der Waals surface area contributed by atoms with Crippen LogP contribution in [0.3, 0.4) is 0 Å². The van der Waals surface area contributed by atoms with Crippen LogP contribution in [0.4, 0.5) is 5.82 Å². The Hall–Kier alpha value is -1.33. The van der Waals surface area contributed by atoms with Crippen molar-refractivity contribution in [2.24, 2.45) is 11.3 Å². The van der Waals surface area contributed by atoms with Crippen molar-refractivity contribution in [3.63, 3.8) is 0 Å². The van der Waals surface area contributed by atoms with Crippen molar-refractivity contribution in [1.82, 2.24) is 9.88 Å². The van der Waals surface area contributed by atoms with E-state index in [9.17, 15) is 4.79 Å². The molecule has 1 amide bonds. The number of rotatable bonds is 2. The summed E-state index contributed by atoms with van der Waals surface area (Å²) >= 11 is 6.11. The molecule has 2 fully saturated rings. The molecule has 1 aromatic rings. The lowest BCUT2D eigenvalue weighted by Crippen LogP contribution is -2.42. The van der Waals surface area contributed by atoms with E-state index in [0.717, 1.165) is 25.9 Å². The SMILES string of the molecule is NNc1ccc(Cl)c(C(=O)N2CCC3(CCCC3)CC2)n1. The van der Waals surface area contributed by atoms with Crippen molar-refractivity contribution >= 4 is 23.3 Å². The number of nitrogens with zero attached hydrogens (tertiary/aromatic N) is 2. The molecule has 1 aromatic heterocycles. The second-order valence-corrected chi connectivity index (χ2v) is 6.58. The fraction of sp³-hybridized carbons (Fsp3) is 0.600. The predicted octanol–water partition coefficient (Wildman–Crippen LogP) is 2.82. The van der Waals surface area contributed by atoms with Crippen LogP contribution in [-0.2, 0) is 0 Å². The smallest absolute Gasteiger partial charge is 0.274 e. The monoisotopic (exact) mass is 308 g/mol. The van der Waals surface area contributed by atoms with Crippen molar-refractivity contribution in [3.8, 4) is 0 Å². The molecule has 1 spiro atoms. The summed E-state index contributed by atoms with van der Waals surface area (Å²) in [6, 6.07) is 3.31. The lowest BCUT2D eigenvalue weighted by molar-refractivity contribution is 0.0582. The number of amides is 1. The van der Waals surface area contributed by atoms with Gasteiger partial charge in [-0.15, -0.1) is 0 Å². The zero-order valence-electron chi connectivity index (χ0n) is 12.1. The zero-order valence-corrected chi connectivity index (χ0v) is 12.8. The molecule has 1 aliphatic heterocycles. The van der Waals surface area contributed by atoms with Crippen molar-refractivity contribution in [1.29, 1.82) is 0 Å². The molecule has 2 heterocycles. The minimum atomic E-state index is -0.0926. The average Bonchev–Trinajstić information content (AvgIpc) is 2.96. The Morgan fingerprint density at radius 2 is 1.90 bits per heavy atom. The Labute approximate surface area is 129 Å². The van der Waals surface area contributed by atoms with Crippen LogP contribution in [0.2, 0.25) is 5.02 Å². The molecule has 3 rings (SSSR count).